The molecule has 0 aliphatic carbocycles. The number of anilines is 1. The highest BCUT2D eigenvalue weighted by molar-refractivity contribution is 5.53. The maximum Gasteiger partial charge on any atom is 0.128 e. The lowest BCUT2D eigenvalue weighted by Gasteiger charge is -2.19. The number of phenolic OH excluding ortho intramolecular Hbond substituents is 1. The molecule has 3 heteroatoms. The van der Waals surface area contributed by atoms with E-state index in [1.807, 2.05) is 32.0 Å². The number of hydrogen-bond acceptors (Lipinski definition) is 2. The molecule has 2 aromatic carbocycles. The number of hydrogen-bond donors (Lipinski definition) is 2. The van der Waals surface area contributed by atoms with Gasteiger partial charge >= 0.3 is 0 Å². The molecule has 0 aromatic heterocycles. The van der Waals surface area contributed by atoms with Crippen LogP contribution in [-0.4, -0.2) is 5.11 Å². The fourth-order valence-corrected chi connectivity index (χ4v) is 2.10. The summed E-state index contributed by atoms with van der Waals surface area (Å²) >= 11 is 0. The second-order valence-electron chi connectivity index (χ2n) is 4.84. The number of phenols is 1. The Hall–Kier alpha value is -2.03. The zero-order valence-corrected chi connectivity index (χ0v) is 11.4. The average Bonchev–Trinajstić information content (AvgIpc) is 2.38. The fourth-order valence-electron chi connectivity index (χ4n) is 2.10. The minimum absolute atomic E-state index is 0.0969. The van der Waals surface area contributed by atoms with E-state index in [4.69, 9.17) is 0 Å². The lowest BCUT2D eigenvalue weighted by molar-refractivity contribution is 0.465. The van der Waals surface area contributed by atoms with Crippen LogP contribution >= 0.6 is 0 Å². The Bertz CT molecular complexity index is 595. The van der Waals surface area contributed by atoms with Crippen LogP contribution in [0.5, 0.6) is 5.75 Å². The zero-order chi connectivity index (χ0) is 14.0. The summed E-state index contributed by atoms with van der Waals surface area (Å²) in [6.07, 6.45) is 0. The molecule has 2 nitrogen and oxygen atoms in total. The third kappa shape index (κ3) is 2.87. The van der Waals surface area contributed by atoms with Gasteiger partial charge in [0.2, 0.25) is 0 Å². The monoisotopic (exact) mass is 259 g/mol. The number of benzene rings is 2. The SMILES string of the molecule is Cc1ccc(O)c(C(C)Nc2cccc(F)c2C)c1. The van der Waals surface area contributed by atoms with Crippen LogP contribution in [0.2, 0.25) is 0 Å². The highest BCUT2D eigenvalue weighted by atomic mass is 19.1. The van der Waals surface area contributed by atoms with Crippen LogP contribution in [-0.2, 0) is 0 Å². The predicted octanol–water partition coefficient (Wildman–Crippen LogP) is 4.32. The lowest BCUT2D eigenvalue weighted by atomic mass is 10.0. The molecule has 0 aliphatic heterocycles. The Labute approximate surface area is 112 Å². The molecular weight excluding hydrogens is 241 g/mol. The normalized spacial score (nSPS) is 12.2. The summed E-state index contributed by atoms with van der Waals surface area (Å²) in [5.41, 5.74) is 3.22. The van der Waals surface area contributed by atoms with E-state index < -0.39 is 0 Å². The first-order chi connectivity index (χ1) is 8.99. The summed E-state index contributed by atoms with van der Waals surface area (Å²) < 4.78 is 13.5. The van der Waals surface area contributed by atoms with E-state index in [1.165, 1.54) is 6.07 Å². The number of nitrogens with one attached hydrogen (secondary N) is 1. The Kier molecular flexibility index (Phi) is 3.74. The summed E-state index contributed by atoms with van der Waals surface area (Å²) in [5, 5.41) is 13.1. The topological polar surface area (TPSA) is 32.3 Å². The van der Waals surface area contributed by atoms with Crippen LogP contribution < -0.4 is 5.32 Å². The van der Waals surface area contributed by atoms with E-state index in [0.29, 0.717) is 5.56 Å². The molecule has 0 saturated carbocycles. The van der Waals surface area contributed by atoms with Gasteiger partial charge in [0.25, 0.3) is 0 Å². The molecule has 0 radical (unpaired) electrons. The Balaban J connectivity index is 2.28. The van der Waals surface area contributed by atoms with Crippen molar-refractivity contribution in [3.63, 3.8) is 0 Å². The molecule has 0 aliphatic rings. The van der Waals surface area contributed by atoms with Crippen LogP contribution in [0, 0.1) is 19.7 Å². The van der Waals surface area contributed by atoms with Gasteiger partial charge in [-0.1, -0.05) is 23.8 Å². The van der Waals surface area contributed by atoms with Gasteiger partial charge in [-0.3, -0.25) is 0 Å². The van der Waals surface area contributed by atoms with Crippen molar-refractivity contribution in [2.24, 2.45) is 0 Å². The molecular formula is C16H18FNO. The Morgan fingerprint density at radius 2 is 1.89 bits per heavy atom. The Morgan fingerprint density at radius 3 is 2.63 bits per heavy atom. The summed E-state index contributed by atoms with van der Waals surface area (Å²) in [4.78, 5) is 0. The van der Waals surface area contributed by atoms with Crippen molar-refractivity contribution in [3.05, 3.63) is 58.9 Å². The highest BCUT2D eigenvalue weighted by Gasteiger charge is 2.12. The largest absolute Gasteiger partial charge is 0.508 e. The van der Waals surface area contributed by atoms with E-state index in [9.17, 15) is 9.50 Å². The van der Waals surface area contributed by atoms with Gasteiger partial charge in [-0.15, -0.1) is 0 Å². The van der Waals surface area contributed by atoms with Crippen LogP contribution in [0.15, 0.2) is 36.4 Å². The van der Waals surface area contributed by atoms with Gasteiger partial charge in [0.05, 0.1) is 6.04 Å². The summed E-state index contributed by atoms with van der Waals surface area (Å²) in [5.74, 6) is 0.0188. The molecule has 2 aromatic rings. The van der Waals surface area contributed by atoms with E-state index in [0.717, 1.165) is 16.8 Å². The van der Waals surface area contributed by atoms with Crippen molar-refractivity contribution in [1.29, 1.82) is 0 Å². The Morgan fingerprint density at radius 1 is 1.16 bits per heavy atom. The zero-order valence-electron chi connectivity index (χ0n) is 11.4. The molecule has 1 atom stereocenters. The van der Waals surface area contributed by atoms with Crippen LogP contribution in [0.1, 0.15) is 29.7 Å². The van der Waals surface area contributed by atoms with E-state index in [1.54, 1.807) is 19.1 Å². The molecule has 0 spiro atoms. The summed E-state index contributed by atoms with van der Waals surface area (Å²) in [7, 11) is 0. The van der Waals surface area contributed by atoms with Crippen LogP contribution in [0.3, 0.4) is 0 Å². The lowest BCUT2D eigenvalue weighted by Crippen LogP contribution is -2.08. The number of aryl methyl sites for hydroxylation is 1. The third-order valence-electron chi connectivity index (χ3n) is 3.29. The van der Waals surface area contributed by atoms with Gasteiger partial charge in [0.15, 0.2) is 0 Å². The summed E-state index contributed by atoms with van der Waals surface area (Å²) in [6, 6.07) is 10.3. The highest BCUT2D eigenvalue weighted by Crippen LogP contribution is 2.29. The van der Waals surface area contributed by atoms with Crippen LogP contribution in [0.4, 0.5) is 10.1 Å². The van der Waals surface area contributed by atoms with Crippen molar-refractivity contribution < 1.29 is 9.50 Å². The molecule has 1 unspecified atom stereocenters. The number of aromatic hydroxyl groups is 1. The van der Waals surface area contributed by atoms with E-state index in [2.05, 4.69) is 5.32 Å². The maximum absolute atomic E-state index is 13.5. The predicted molar refractivity (Wildman–Crippen MR) is 76.0 cm³/mol. The van der Waals surface area contributed by atoms with Crippen molar-refractivity contribution >= 4 is 5.69 Å². The molecule has 0 bridgehead atoms. The first-order valence-electron chi connectivity index (χ1n) is 6.30. The quantitative estimate of drug-likeness (QED) is 0.860. The molecule has 2 N–H and O–H groups in total. The van der Waals surface area contributed by atoms with Crippen molar-refractivity contribution in [3.8, 4) is 5.75 Å². The van der Waals surface area contributed by atoms with Gasteiger partial charge in [-0.25, -0.2) is 4.39 Å². The van der Waals surface area contributed by atoms with Crippen molar-refractivity contribution in [2.45, 2.75) is 26.8 Å². The molecule has 0 fully saturated rings. The first-order valence-corrected chi connectivity index (χ1v) is 6.30. The molecule has 2 rings (SSSR count). The number of rotatable bonds is 3. The van der Waals surface area contributed by atoms with Crippen molar-refractivity contribution in [1.82, 2.24) is 0 Å². The van der Waals surface area contributed by atoms with Gasteiger partial charge in [0, 0.05) is 16.8 Å². The third-order valence-corrected chi connectivity index (χ3v) is 3.29. The smallest absolute Gasteiger partial charge is 0.128 e. The van der Waals surface area contributed by atoms with Gasteiger partial charge in [-0.2, -0.15) is 0 Å². The van der Waals surface area contributed by atoms with Gasteiger partial charge in [0.1, 0.15) is 11.6 Å². The molecule has 100 valence electrons. The fraction of sp³-hybridized carbons (Fsp3) is 0.250. The number of halogens is 1. The van der Waals surface area contributed by atoms with Gasteiger partial charge < -0.3 is 10.4 Å². The molecule has 19 heavy (non-hydrogen) atoms. The minimum Gasteiger partial charge on any atom is -0.508 e. The van der Waals surface area contributed by atoms with Gasteiger partial charge in [-0.05, 0) is 39.0 Å². The minimum atomic E-state index is -0.231. The van der Waals surface area contributed by atoms with E-state index >= 15 is 0 Å². The molecule has 0 amide bonds. The molecule has 0 heterocycles. The van der Waals surface area contributed by atoms with E-state index in [-0.39, 0.29) is 17.6 Å². The van der Waals surface area contributed by atoms with Crippen LogP contribution in [0.25, 0.3) is 0 Å². The first kappa shape index (κ1) is 13.4. The molecule has 0 saturated heterocycles. The maximum atomic E-state index is 13.5. The second kappa shape index (κ2) is 5.31. The average molecular weight is 259 g/mol. The standard InChI is InChI=1S/C16H18FNO/c1-10-7-8-16(19)13(9-10)12(3)18-15-6-4-5-14(17)11(15)2/h4-9,12,18-19H,1-3H3. The summed E-state index contributed by atoms with van der Waals surface area (Å²) in [6.45, 7) is 5.66. The van der Waals surface area contributed by atoms with Crippen molar-refractivity contribution in [2.75, 3.05) is 5.32 Å². The second-order valence-corrected chi connectivity index (χ2v) is 4.84.